The minimum absolute atomic E-state index is 0.0640. The van der Waals surface area contributed by atoms with Crippen molar-refractivity contribution in [1.29, 1.82) is 0 Å². The molecule has 1 heterocycles. The average molecular weight is 223 g/mol. The molecule has 1 aliphatic rings. The van der Waals surface area contributed by atoms with Gasteiger partial charge in [0.2, 0.25) is 0 Å². The highest BCUT2D eigenvalue weighted by molar-refractivity contribution is 5.97. The van der Waals surface area contributed by atoms with Crippen LogP contribution in [0, 0.1) is 0 Å². The predicted octanol–water partition coefficient (Wildman–Crippen LogP) is 0.305. The van der Waals surface area contributed by atoms with E-state index in [1.807, 2.05) is 0 Å². The van der Waals surface area contributed by atoms with Crippen molar-refractivity contribution < 1.29 is 20.1 Å². The highest BCUT2D eigenvalue weighted by Crippen LogP contribution is 2.29. The van der Waals surface area contributed by atoms with Gasteiger partial charge in [-0.25, -0.2) is 0 Å². The summed E-state index contributed by atoms with van der Waals surface area (Å²) in [5.74, 6) is -1.09. The summed E-state index contributed by atoms with van der Waals surface area (Å²) in [6.45, 7) is 0.739. The Morgan fingerprint density at radius 2 is 2.12 bits per heavy atom. The first-order valence-corrected chi connectivity index (χ1v) is 5.08. The van der Waals surface area contributed by atoms with E-state index >= 15 is 0 Å². The van der Waals surface area contributed by atoms with Crippen molar-refractivity contribution >= 4 is 5.91 Å². The standard InChI is InChI=1S/C11H13NO4/c13-7-4-5-12(6-7)11(16)8-2-1-3-9(14)10(8)15/h1-3,7,13-15H,4-6H2/t7-/m1/s1. The van der Waals surface area contributed by atoms with Crippen LogP contribution in [0.5, 0.6) is 11.5 Å². The zero-order valence-corrected chi connectivity index (χ0v) is 8.63. The third-order valence-corrected chi connectivity index (χ3v) is 2.70. The SMILES string of the molecule is O=C(c1cccc(O)c1O)N1CC[C@@H](O)C1. The molecule has 1 saturated heterocycles. The number of aliphatic hydroxyl groups excluding tert-OH is 1. The Morgan fingerprint density at radius 3 is 2.75 bits per heavy atom. The first-order valence-electron chi connectivity index (χ1n) is 5.08. The Morgan fingerprint density at radius 1 is 1.38 bits per heavy atom. The van der Waals surface area contributed by atoms with Crippen molar-refractivity contribution in [2.45, 2.75) is 12.5 Å². The number of benzene rings is 1. The minimum Gasteiger partial charge on any atom is -0.504 e. The van der Waals surface area contributed by atoms with E-state index in [2.05, 4.69) is 0 Å². The van der Waals surface area contributed by atoms with Crippen LogP contribution in [-0.2, 0) is 0 Å². The largest absolute Gasteiger partial charge is 0.504 e. The van der Waals surface area contributed by atoms with Crippen LogP contribution in [-0.4, -0.2) is 45.3 Å². The number of aliphatic hydroxyl groups is 1. The smallest absolute Gasteiger partial charge is 0.257 e. The van der Waals surface area contributed by atoms with Crippen molar-refractivity contribution in [2.75, 3.05) is 13.1 Å². The number of aromatic hydroxyl groups is 2. The van der Waals surface area contributed by atoms with Crippen molar-refractivity contribution in [3.63, 3.8) is 0 Å². The second kappa shape index (κ2) is 4.02. The van der Waals surface area contributed by atoms with Crippen LogP contribution < -0.4 is 0 Å². The highest BCUT2D eigenvalue weighted by Gasteiger charge is 2.27. The number of para-hydroxylation sites is 1. The topological polar surface area (TPSA) is 81.0 Å². The molecule has 0 aliphatic carbocycles. The molecule has 2 rings (SSSR count). The van der Waals surface area contributed by atoms with Crippen LogP contribution >= 0.6 is 0 Å². The number of rotatable bonds is 1. The van der Waals surface area contributed by atoms with Gasteiger partial charge in [-0.3, -0.25) is 4.79 Å². The van der Waals surface area contributed by atoms with Gasteiger partial charge in [-0.15, -0.1) is 0 Å². The maximum Gasteiger partial charge on any atom is 0.257 e. The van der Waals surface area contributed by atoms with Gasteiger partial charge in [0.1, 0.15) is 0 Å². The number of phenols is 2. The normalized spacial score (nSPS) is 20.1. The lowest BCUT2D eigenvalue weighted by Crippen LogP contribution is -2.29. The van der Waals surface area contributed by atoms with Crippen LogP contribution in [0.1, 0.15) is 16.8 Å². The van der Waals surface area contributed by atoms with Gasteiger partial charge in [-0.1, -0.05) is 6.07 Å². The van der Waals surface area contributed by atoms with Crippen molar-refractivity contribution in [3.8, 4) is 11.5 Å². The number of amides is 1. The zero-order valence-electron chi connectivity index (χ0n) is 8.63. The molecule has 0 saturated carbocycles. The van der Waals surface area contributed by atoms with Gasteiger partial charge in [0.15, 0.2) is 11.5 Å². The lowest BCUT2D eigenvalue weighted by Gasteiger charge is -2.16. The van der Waals surface area contributed by atoms with Crippen molar-refractivity contribution in [1.82, 2.24) is 4.90 Å². The third-order valence-electron chi connectivity index (χ3n) is 2.70. The van der Waals surface area contributed by atoms with Crippen LogP contribution in [0.3, 0.4) is 0 Å². The number of carbonyl (C=O) groups is 1. The van der Waals surface area contributed by atoms with Crippen molar-refractivity contribution in [3.05, 3.63) is 23.8 Å². The predicted molar refractivity (Wildman–Crippen MR) is 56.3 cm³/mol. The number of hydrogen-bond donors (Lipinski definition) is 3. The molecule has 1 aliphatic heterocycles. The molecule has 0 bridgehead atoms. The Bertz CT molecular complexity index is 418. The fourth-order valence-corrected chi connectivity index (χ4v) is 1.80. The third kappa shape index (κ3) is 1.81. The van der Waals surface area contributed by atoms with E-state index in [1.165, 1.54) is 23.1 Å². The highest BCUT2D eigenvalue weighted by atomic mass is 16.3. The molecule has 0 unspecified atom stereocenters. The van der Waals surface area contributed by atoms with Crippen LogP contribution in [0.25, 0.3) is 0 Å². The van der Waals surface area contributed by atoms with E-state index in [4.69, 9.17) is 0 Å². The average Bonchev–Trinajstić information content (AvgIpc) is 2.68. The second-order valence-corrected chi connectivity index (χ2v) is 3.87. The first-order chi connectivity index (χ1) is 7.59. The summed E-state index contributed by atoms with van der Waals surface area (Å²) in [6, 6.07) is 4.25. The van der Waals surface area contributed by atoms with Crippen LogP contribution in [0.4, 0.5) is 0 Å². The number of phenolic OH excluding ortho intramolecular Hbond substituents is 2. The molecule has 1 atom stereocenters. The molecule has 5 nitrogen and oxygen atoms in total. The molecular formula is C11H13NO4. The molecule has 1 aromatic rings. The summed E-state index contributed by atoms with van der Waals surface area (Å²) < 4.78 is 0. The summed E-state index contributed by atoms with van der Waals surface area (Å²) in [5, 5.41) is 28.1. The number of nitrogens with zero attached hydrogens (tertiary/aromatic N) is 1. The summed E-state index contributed by atoms with van der Waals surface area (Å²) in [6.07, 6.45) is 0.0501. The summed E-state index contributed by atoms with van der Waals surface area (Å²) >= 11 is 0. The summed E-state index contributed by atoms with van der Waals surface area (Å²) in [7, 11) is 0. The van der Waals surface area contributed by atoms with Gasteiger partial charge >= 0.3 is 0 Å². The van der Waals surface area contributed by atoms with Gasteiger partial charge in [-0.2, -0.15) is 0 Å². The van der Waals surface area contributed by atoms with Crippen molar-refractivity contribution in [2.24, 2.45) is 0 Å². The maximum absolute atomic E-state index is 11.9. The van der Waals surface area contributed by atoms with E-state index in [0.29, 0.717) is 13.0 Å². The number of hydrogen-bond acceptors (Lipinski definition) is 4. The fraction of sp³-hybridized carbons (Fsp3) is 0.364. The Labute approximate surface area is 92.6 Å². The lowest BCUT2D eigenvalue weighted by atomic mass is 10.1. The Hall–Kier alpha value is -1.75. The number of β-amino-alcohol motifs (C(OH)–C–C–N with tert-alkyl or cyclic N) is 1. The van der Waals surface area contributed by atoms with E-state index < -0.39 is 11.9 Å². The molecule has 1 aromatic carbocycles. The quantitative estimate of drug-likeness (QED) is 0.598. The van der Waals surface area contributed by atoms with Gasteiger partial charge in [0.05, 0.1) is 11.7 Å². The van der Waals surface area contributed by atoms with Gasteiger partial charge in [0.25, 0.3) is 5.91 Å². The van der Waals surface area contributed by atoms with E-state index in [1.54, 1.807) is 0 Å². The number of carbonyl (C=O) groups excluding carboxylic acids is 1. The molecule has 5 heteroatoms. The zero-order chi connectivity index (χ0) is 11.7. The van der Waals surface area contributed by atoms with E-state index in [-0.39, 0.29) is 23.8 Å². The van der Waals surface area contributed by atoms with E-state index in [9.17, 15) is 20.1 Å². The molecule has 1 fully saturated rings. The van der Waals surface area contributed by atoms with Gasteiger partial charge < -0.3 is 20.2 Å². The van der Waals surface area contributed by atoms with Crippen LogP contribution in [0.2, 0.25) is 0 Å². The Kier molecular flexibility index (Phi) is 2.70. The Balaban J connectivity index is 2.24. The summed E-state index contributed by atoms with van der Waals surface area (Å²) in [5.41, 5.74) is 0.0640. The second-order valence-electron chi connectivity index (χ2n) is 3.87. The number of likely N-dealkylation sites (tertiary alicyclic amines) is 1. The summed E-state index contributed by atoms with van der Waals surface area (Å²) in [4.78, 5) is 13.4. The monoisotopic (exact) mass is 223 g/mol. The molecular weight excluding hydrogens is 210 g/mol. The van der Waals surface area contributed by atoms with Gasteiger partial charge in [-0.05, 0) is 18.6 Å². The van der Waals surface area contributed by atoms with E-state index in [0.717, 1.165) is 0 Å². The molecule has 16 heavy (non-hydrogen) atoms. The fourth-order valence-electron chi connectivity index (χ4n) is 1.80. The first kappa shape index (κ1) is 10.8. The molecule has 0 aromatic heterocycles. The lowest BCUT2D eigenvalue weighted by molar-refractivity contribution is 0.0761. The van der Waals surface area contributed by atoms with Gasteiger partial charge in [0, 0.05) is 13.1 Å². The molecule has 86 valence electrons. The minimum atomic E-state index is -0.497. The maximum atomic E-state index is 11.9. The molecule has 0 radical (unpaired) electrons. The van der Waals surface area contributed by atoms with Crippen LogP contribution in [0.15, 0.2) is 18.2 Å². The molecule has 0 spiro atoms. The molecule has 3 N–H and O–H groups in total. The molecule has 1 amide bonds.